The maximum Gasteiger partial charge on any atom is 0.262 e. The largest absolute Gasteiger partial charge is 0.310 e. The lowest BCUT2D eigenvalue weighted by molar-refractivity contribution is -0.117. The lowest BCUT2D eigenvalue weighted by Crippen LogP contribution is -2.21. The number of aromatic nitrogens is 3. The van der Waals surface area contributed by atoms with Crippen molar-refractivity contribution in [3.05, 3.63) is 28.3 Å². The number of fused-ring (bicyclic) bond motifs is 1. The second-order valence-corrected chi connectivity index (χ2v) is 5.87. The first-order valence-electron chi connectivity index (χ1n) is 7.14. The molecule has 1 saturated carbocycles. The van der Waals surface area contributed by atoms with Gasteiger partial charge in [-0.05, 0) is 30.4 Å². The number of hydrogen-bond acceptors (Lipinski definition) is 4. The second-order valence-electron chi connectivity index (χ2n) is 5.87. The number of amides is 1. The molecule has 0 radical (unpaired) electrons. The molecular formula is C15H18N4O2. The van der Waals surface area contributed by atoms with Crippen molar-refractivity contribution in [3.8, 4) is 0 Å². The number of rotatable bonds is 3. The van der Waals surface area contributed by atoms with Crippen LogP contribution in [-0.2, 0) is 11.8 Å². The molecule has 0 unspecified atom stereocenters. The molecule has 3 rings (SSSR count). The van der Waals surface area contributed by atoms with Crippen molar-refractivity contribution >= 4 is 22.8 Å². The van der Waals surface area contributed by atoms with Gasteiger partial charge in [-0.3, -0.25) is 9.59 Å². The normalized spacial score (nSPS) is 14.7. The third-order valence-corrected chi connectivity index (χ3v) is 3.74. The van der Waals surface area contributed by atoms with E-state index in [1.807, 2.05) is 13.8 Å². The molecule has 1 aliphatic carbocycles. The van der Waals surface area contributed by atoms with Crippen LogP contribution in [0.3, 0.4) is 0 Å². The van der Waals surface area contributed by atoms with Crippen LogP contribution < -0.4 is 10.9 Å². The smallest absolute Gasteiger partial charge is 0.262 e. The Bertz CT molecular complexity index is 775. The van der Waals surface area contributed by atoms with Crippen molar-refractivity contribution in [1.29, 1.82) is 0 Å². The van der Waals surface area contributed by atoms with Crippen molar-refractivity contribution in [2.24, 2.45) is 13.0 Å². The average Bonchev–Trinajstić information content (AvgIpc) is 3.26. The molecule has 1 amide bonds. The van der Waals surface area contributed by atoms with E-state index in [1.165, 1.54) is 10.9 Å². The number of nitrogens with one attached hydrogen (secondary N) is 1. The predicted octanol–water partition coefficient (Wildman–Crippen LogP) is 1.80. The van der Waals surface area contributed by atoms with Gasteiger partial charge >= 0.3 is 0 Å². The van der Waals surface area contributed by atoms with Gasteiger partial charge in [0.2, 0.25) is 5.91 Å². The van der Waals surface area contributed by atoms with E-state index in [4.69, 9.17) is 0 Å². The zero-order valence-corrected chi connectivity index (χ0v) is 12.4. The van der Waals surface area contributed by atoms with E-state index in [0.29, 0.717) is 16.9 Å². The molecule has 0 saturated heterocycles. The number of hydrogen-bond donors (Lipinski definition) is 1. The van der Waals surface area contributed by atoms with Crippen molar-refractivity contribution < 1.29 is 4.79 Å². The summed E-state index contributed by atoms with van der Waals surface area (Å²) in [6.45, 7) is 4.02. The Morgan fingerprint density at radius 2 is 2.14 bits per heavy atom. The van der Waals surface area contributed by atoms with Crippen LogP contribution in [0.5, 0.6) is 0 Å². The maximum absolute atomic E-state index is 12.3. The van der Waals surface area contributed by atoms with E-state index in [-0.39, 0.29) is 23.3 Å². The molecule has 0 spiro atoms. The van der Waals surface area contributed by atoms with Crippen LogP contribution in [0.1, 0.15) is 38.2 Å². The molecule has 2 aromatic heterocycles. The minimum Gasteiger partial charge on any atom is -0.310 e. The quantitative estimate of drug-likeness (QED) is 0.933. The Morgan fingerprint density at radius 3 is 2.76 bits per heavy atom. The Morgan fingerprint density at radius 1 is 1.43 bits per heavy atom. The summed E-state index contributed by atoms with van der Waals surface area (Å²) in [5.41, 5.74) is 1.13. The van der Waals surface area contributed by atoms with E-state index >= 15 is 0 Å². The van der Waals surface area contributed by atoms with Crippen molar-refractivity contribution in [3.63, 3.8) is 0 Å². The third-order valence-electron chi connectivity index (χ3n) is 3.74. The Kier molecular flexibility index (Phi) is 3.23. The van der Waals surface area contributed by atoms with Crippen LogP contribution in [0.4, 0.5) is 5.82 Å². The molecule has 0 aliphatic heterocycles. The van der Waals surface area contributed by atoms with E-state index in [9.17, 15) is 9.59 Å². The standard InChI is InChI=1S/C15H18N4O2/c1-8(2)10-6-11(18-14(20)9-4-5-9)17-13-12(10)15(21)19(3)7-16-13/h6-9H,4-5H2,1-3H3,(H,17,18,20). The summed E-state index contributed by atoms with van der Waals surface area (Å²) in [6, 6.07) is 1.79. The predicted molar refractivity (Wildman–Crippen MR) is 80.2 cm³/mol. The Labute approximate surface area is 122 Å². The van der Waals surface area contributed by atoms with Crippen LogP contribution in [0.15, 0.2) is 17.2 Å². The zero-order valence-electron chi connectivity index (χ0n) is 12.4. The van der Waals surface area contributed by atoms with Gasteiger partial charge in [0, 0.05) is 13.0 Å². The van der Waals surface area contributed by atoms with Gasteiger partial charge in [0.05, 0.1) is 11.7 Å². The van der Waals surface area contributed by atoms with E-state index in [1.54, 1.807) is 13.1 Å². The first-order valence-corrected chi connectivity index (χ1v) is 7.14. The van der Waals surface area contributed by atoms with Gasteiger partial charge in [-0.1, -0.05) is 13.8 Å². The van der Waals surface area contributed by atoms with E-state index < -0.39 is 0 Å². The highest BCUT2D eigenvalue weighted by molar-refractivity contribution is 5.94. The van der Waals surface area contributed by atoms with Gasteiger partial charge in [0.15, 0.2) is 5.65 Å². The number of aryl methyl sites for hydroxylation is 1. The molecule has 21 heavy (non-hydrogen) atoms. The number of nitrogens with zero attached hydrogens (tertiary/aromatic N) is 3. The minimum atomic E-state index is -0.115. The van der Waals surface area contributed by atoms with Gasteiger partial charge < -0.3 is 9.88 Å². The summed E-state index contributed by atoms with van der Waals surface area (Å²) in [7, 11) is 1.67. The Balaban J connectivity index is 2.14. The third kappa shape index (κ3) is 2.53. The van der Waals surface area contributed by atoms with E-state index in [0.717, 1.165) is 18.4 Å². The van der Waals surface area contributed by atoms with Gasteiger partial charge in [-0.25, -0.2) is 9.97 Å². The summed E-state index contributed by atoms with van der Waals surface area (Å²) in [5.74, 6) is 0.731. The molecule has 6 nitrogen and oxygen atoms in total. The highest BCUT2D eigenvalue weighted by Crippen LogP contribution is 2.30. The number of pyridine rings is 1. The first-order chi connectivity index (χ1) is 9.97. The van der Waals surface area contributed by atoms with Crippen LogP contribution in [-0.4, -0.2) is 20.4 Å². The zero-order chi connectivity index (χ0) is 15.1. The summed E-state index contributed by atoms with van der Waals surface area (Å²) in [4.78, 5) is 32.7. The fourth-order valence-corrected chi connectivity index (χ4v) is 2.33. The molecule has 1 fully saturated rings. The molecule has 0 atom stereocenters. The van der Waals surface area contributed by atoms with Crippen molar-refractivity contribution in [2.75, 3.05) is 5.32 Å². The van der Waals surface area contributed by atoms with Crippen molar-refractivity contribution in [1.82, 2.24) is 14.5 Å². The van der Waals surface area contributed by atoms with Crippen LogP contribution in [0.2, 0.25) is 0 Å². The lowest BCUT2D eigenvalue weighted by Gasteiger charge is -2.12. The fraction of sp³-hybridized carbons (Fsp3) is 0.467. The van der Waals surface area contributed by atoms with Crippen LogP contribution in [0, 0.1) is 5.92 Å². The van der Waals surface area contributed by atoms with Gasteiger partial charge in [0.1, 0.15) is 5.82 Å². The van der Waals surface area contributed by atoms with E-state index in [2.05, 4.69) is 15.3 Å². The van der Waals surface area contributed by atoms with Crippen LogP contribution in [0.25, 0.3) is 11.0 Å². The van der Waals surface area contributed by atoms with Gasteiger partial charge in [0.25, 0.3) is 5.56 Å². The van der Waals surface area contributed by atoms with Gasteiger partial charge in [-0.15, -0.1) is 0 Å². The summed E-state index contributed by atoms with van der Waals surface area (Å²) in [6.07, 6.45) is 3.33. The molecule has 1 N–H and O–H groups in total. The average molecular weight is 286 g/mol. The molecule has 2 aromatic rings. The van der Waals surface area contributed by atoms with Crippen molar-refractivity contribution in [2.45, 2.75) is 32.6 Å². The minimum absolute atomic E-state index is 0.000361. The molecule has 0 aromatic carbocycles. The summed E-state index contributed by atoms with van der Waals surface area (Å²) in [5, 5.41) is 3.35. The summed E-state index contributed by atoms with van der Waals surface area (Å²) >= 11 is 0. The molecule has 1 aliphatic rings. The number of carbonyl (C=O) groups excluding carboxylic acids is 1. The topological polar surface area (TPSA) is 76.9 Å². The second kappa shape index (κ2) is 4.95. The summed E-state index contributed by atoms with van der Waals surface area (Å²) < 4.78 is 1.44. The highest BCUT2D eigenvalue weighted by atomic mass is 16.2. The molecule has 110 valence electrons. The first kappa shape index (κ1) is 13.7. The fourth-order valence-electron chi connectivity index (χ4n) is 2.33. The van der Waals surface area contributed by atoms with Gasteiger partial charge in [-0.2, -0.15) is 0 Å². The molecule has 6 heteroatoms. The van der Waals surface area contributed by atoms with Crippen LogP contribution >= 0.6 is 0 Å². The SMILES string of the molecule is CC(C)c1cc(NC(=O)C2CC2)nc2ncn(C)c(=O)c12. The highest BCUT2D eigenvalue weighted by Gasteiger charge is 2.30. The lowest BCUT2D eigenvalue weighted by atomic mass is 10.0. The molecule has 0 bridgehead atoms. The number of anilines is 1. The Hall–Kier alpha value is -2.24. The maximum atomic E-state index is 12.3. The monoisotopic (exact) mass is 286 g/mol. The molecular weight excluding hydrogens is 268 g/mol. The number of carbonyl (C=O) groups is 1. The molecule has 2 heterocycles.